The number of hydrogen-bond acceptors (Lipinski definition) is 6. The van der Waals surface area contributed by atoms with Crippen LogP contribution in [0.1, 0.15) is 11.3 Å². The molecule has 0 bridgehead atoms. The van der Waals surface area contributed by atoms with Crippen molar-refractivity contribution in [1.29, 1.82) is 0 Å². The van der Waals surface area contributed by atoms with Crippen molar-refractivity contribution >= 4 is 44.3 Å². The summed E-state index contributed by atoms with van der Waals surface area (Å²) in [6, 6.07) is 5.48. The van der Waals surface area contributed by atoms with Crippen LogP contribution in [0, 0.1) is 0 Å². The summed E-state index contributed by atoms with van der Waals surface area (Å²) in [6.45, 7) is 1.07. The Morgan fingerprint density at radius 1 is 1.40 bits per heavy atom. The summed E-state index contributed by atoms with van der Waals surface area (Å²) >= 11 is 9.72. The lowest BCUT2D eigenvalue weighted by molar-refractivity contribution is 0.178. The number of methoxy groups -OCH3 is 1. The first kappa shape index (κ1) is 18.1. The van der Waals surface area contributed by atoms with Crippen LogP contribution >= 0.6 is 27.5 Å². The molecule has 6 nitrogen and oxygen atoms in total. The maximum absolute atomic E-state index is 6.17. The molecule has 0 radical (unpaired) electrons. The number of fused-ring (bicyclic) bond motifs is 1. The first-order valence-electron chi connectivity index (χ1n) is 7.73. The van der Waals surface area contributed by atoms with Crippen LogP contribution in [-0.4, -0.2) is 29.7 Å². The number of furan rings is 1. The van der Waals surface area contributed by atoms with E-state index in [1.165, 1.54) is 0 Å². The molecule has 0 amide bonds. The van der Waals surface area contributed by atoms with Gasteiger partial charge in [0.2, 0.25) is 0 Å². The highest BCUT2D eigenvalue weighted by Crippen LogP contribution is 2.36. The van der Waals surface area contributed by atoms with E-state index in [2.05, 4.69) is 31.2 Å². The van der Waals surface area contributed by atoms with E-state index in [-0.39, 0.29) is 6.04 Å². The minimum Gasteiger partial charge on any atom is -0.456 e. The summed E-state index contributed by atoms with van der Waals surface area (Å²) in [4.78, 5) is 8.38. The number of halogens is 2. The van der Waals surface area contributed by atoms with Gasteiger partial charge in [-0.1, -0.05) is 11.6 Å². The van der Waals surface area contributed by atoms with Gasteiger partial charge in [-0.2, -0.15) is 0 Å². The van der Waals surface area contributed by atoms with Gasteiger partial charge in [0.25, 0.3) is 0 Å². The fourth-order valence-corrected chi connectivity index (χ4v) is 3.23. The van der Waals surface area contributed by atoms with E-state index in [4.69, 9.17) is 26.5 Å². The van der Waals surface area contributed by atoms with Gasteiger partial charge in [-0.05, 0) is 33.6 Å². The second kappa shape index (κ2) is 8.14. The fraction of sp³-hybridized carbons (Fsp3) is 0.294. The third-order valence-corrected chi connectivity index (χ3v) is 4.69. The summed E-state index contributed by atoms with van der Waals surface area (Å²) in [5.41, 5.74) is 9.23. The van der Waals surface area contributed by atoms with Gasteiger partial charge in [0, 0.05) is 44.6 Å². The number of aromatic nitrogens is 2. The molecular formula is C17H18BrClN4O2. The van der Waals surface area contributed by atoms with Crippen molar-refractivity contribution in [3.63, 3.8) is 0 Å². The zero-order valence-electron chi connectivity index (χ0n) is 13.6. The Kier molecular flexibility index (Phi) is 5.90. The highest BCUT2D eigenvalue weighted by atomic mass is 79.9. The van der Waals surface area contributed by atoms with Gasteiger partial charge in [0.15, 0.2) is 5.58 Å². The Labute approximate surface area is 158 Å². The predicted octanol–water partition coefficient (Wildman–Crippen LogP) is 3.77. The Morgan fingerprint density at radius 3 is 2.88 bits per heavy atom. The van der Waals surface area contributed by atoms with Crippen LogP contribution in [0.15, 0.2) is 39.5 Å². The van der Waals surface area contributed by atoms with E-state index >= 15 is 0 Å². The number of pyridine rings is 2. The van der Waals surface area contributed by atoms with Gasteiger partial charge in [0.05, 0.1) is 16.8 Å². The average Bonchev–Trinajstić information content (AvgIpc) is 2.90. The maximum Gasteiger partial charge on any atom is 0.177 e. The smallest absolute Gasteiger partial charge is 0.177 e. The minimum absolute atomic E-state index is 0.162. The molecule has 0 aliphatic rings. The Balaban J connectivity index is 1.90. The second-order valence-electron chi connectivity index (χ2n) is 5.64. The number of nitrogens with one attached hydrogen (secondary N) is 1. The van der Waals surface area contributed by atoms with Crippen LogP contribution in [-0.2, 0) is 17.7 Å². The molecule has 3 aromatic heterocycles. The third kappa shape index (κ3) is 4.30. The molecule has 0 saturated carbocycles. The zero-order chi connectivity index (χ0) is 17.8. The van der Waals surface area contributed by atoms with E-state index in [1.54, 1.807) is 25.6 Å². The van der Waals surface area contributed by atoms with Crippen molar-refractivity contribution in [3.8, 4) is 0 Å². The van der Waals surface area contributed by atoms with E-state index in [0.29, 0.717) is 35.8 Å². The quantitative estimate of drug-likeness (QED) is 0.560. The summed E-state index contributed by atoms with van der Waals surface area (Å²) in [6.07, 6.45) is 4.04. The van der Waals surface area contributed by atoms with Crippen LogP contribution in [0.4, 0.5) is 5.69 Å². The monoisotopic (exact) mass is 424 g/mol. The zero-order valence-corrected chi connectivity index (χ0v) is 16.0. The van der Waals surface area contributed by atoms with E-state index in [0.717, 1.165) is 21.5 Å². The summed E-state index contributed by atoms with van der Waals surface area (Å²) in [5, 5.41) is 3.73. The van der Waals surface area contributed by atoms with Gasteiger partial charge in [-0.15, -0.1) is 0 Å². The van der Waals surface area contributed by atoms with Crippen molar-refractivity contribution in [2.24, 2.45) is 5.73 Å². The lowest BCUT2D eigenvalue weighted by atomic mass is 10.2. The minimum atomic E-state index is -0.162. The molecule has 0 unspecified atom stereocenters. The average molecular weight is 426 g/mol. The molecule has 3 rings (SSSR count). The van der Waals surface area contributed by atoms with E-state index < -0.39 is 0 Å². The number of nitrogens with zero attached hydrogens (tertiary/aromatic N) is 2. The molecule has 132 valence electrons. The van der Waals surface area contributed by atoms with Crippen LogP contribution in [0.3, 0.4) is 0 Å². The standard InChI is InChI=1S/C17H18BrClN4O2/c1-24-9-11(20)6-13-15(18)16-17(25-13)12(7-14(19)23-16)22-8-10-2-4-21-5-3-10/h2-5,7,11H,6,8-9,20H2,1H3,(H,22,23)/t11-/m1/s1. The van der Waals surface area contributed by atoms with Crippen molar-refractivity contribution in [3.05, 3.63) is 51.5 Å². The number of nitrogens with two attached hydrogens (primary N) is 1. The topological polar surface area (TPSA) is 86.2 Å². The van der Waals surface area contributed by atoms with E-state index in [9.17, 15) is 0 Å². The first-order valence-corrected chi connectivity index (χ1v) is 8.90. The van der Waals surface area contributed by atoms with Gasteiger partial charge in [-0.3, -0.25) is 4.98 Å². The van der Waals surface area contributed by atoms with Crippen LogP contribution in [0.5, 0.6) is 0 Å². The molecule has 8 heteroatoms. The van der Waals surface area contributed by atoms with Crippen molar-refractivity contribution in [2.45, 2.75) is 19.0 Å². The molecule has 25 heavy (non-hydrogen) atoms. The van der Waals surface area contributed by atoms with Crippen LogP contribution in [0.2, 0.25) is 5.15 Å². The molecule has 3 aromatic rings. The van der Waals surface area contributed by atoms with E-state index in [1.807, 2.05) is 12.1 Å². The molecule has 0 aliphatic carbocycles. The molecule has 0 fully saturated rings. The third-order valence-electron chi connectivity index (χ3n) is 3.68. The summed E-state index contributed by atoms with van der Waals surface area (Å²) < 4.78 is 11.9. The molecule has 3 heterocycles. The van der Waals surface area contributed by atoms with Crippen molar-refractivity contribution < 1.29 is 9.15 Å². The Hall–Kier alpha value is -1.67. The SMILES string of the molecule is COC[C@H](N)Cc1oc2c(NCc3ccncc3)cc(Cl)nc2c1Br. The normalized spacial score (nSPS) is 12.5. The van der Waals surface area contributed by atoms with Crippen LogP contribution in [0.25, 0.3) is 11.1 Å². The summed E-state index contributed by atoms with van der Waals surface area (Å²) in [5.74, 6) is 0.723. The second-order valence-corrected chi connectivity index (χ2v) is 6.82. The number of anilines is 1. The fourth-order valence-electron chi connectivity index (χ4n) is 2.53. The number of hydrogen-bond donors (Lipinski definition) is 2. The number of ether oxygens (including phenoxy) is 1. The van der Waals surface area contributed by atoms with Gasteiger partial charge in [-0.25, -0.2) is 4.98 Å². The van der Waals surface area contributed by atoms with Gasteiger partial charge < -0.3 is 20.2 Å². The Morgan fingerprint density at radius 2 is 2.16 bits per heavy atom. The number of rotatable bonds is 7. The lowest BCUT2D eigenvalue weighted by Crippen LogP contribution is -2.27. The predicted molar refractivity (Wildman–Crippen MR) is 102 cm³/mol. The maximum atomic E-state index is 6.17. The first-order chi connectivity index (χ1) is 12.1. The molecule has 0 saturated heterocycles. The molecule has 3 N–H and O–H groups in total. The molecule has 1 atom stereocenters. The lowest BCUT2D eigenvalue weighted by Gasteiger charge is -2.08. The molecule has 0 aliphatic heterocycles. The van der Waals surface area contributed by atoms with Crippen molar-refractivity contribution in [1.82, 2.24) is 9.97 Å². The summed E-state index contributed by atoms with van der Waals surface area (Å²) in [7, 11) is 1.62. The largest absolute Gasteiger partial charge is 0.456 e. The highest BCUT2D eigenvalue weighted by molar-refractivity contribution is 9.10. The van der Waals surface area contributed by atoms with Gasteiger partial charge in [0.1, 0.15) is 16.4 Å². The van der Waals surface area contributed by atoms with Gasteiger partial charge >= 0.3 is 0 Å². The van der Waals surface area contributed by atoms with Crippen molar-refractivity contribution in [2.75, 3.05) is 19.0 Å². The highest BCUT2D eigenvalue weighted by Gasteiger charge is 2.19. The molecule has 0 aromatic carbocycles. The Bertz CT molecular complexity index is 857. The molecular weight excluding hydrogens is 408 g/mol. The van der Waals surface area contributed by atoms with Crippen LogP contribution < -0.4 is 11.1 Å². The molecule has 0 spiro atoms.